The zero-order valence-electron chi connectivity index (χ0n) is 9.77. The van der Waals surface area contributed by atoms with Crippen LogP contribution < -0.4 is 5.32 Å². The fourth-order valence-corrected chi connectivity index (χ4v) is 1.37. The second-order valence-corrected chi connectivity index (χ2v) is 3.82. The lowest BCUT2D eigenvalue weighted by Crippen LogP contribution is -2.16. The van der Waals surface area contributed by atoms with Crippen molar-refractivity contribution in [1.29, 1.82) is 0 Å². The molecule has 0 saturated carbocycles. The summed E-state index contributed by atoms with van der Waals surface area (Å²) in [5.41, 5.74) is 0. The zero-order chi connectivity index (χ0) is 11.4. The fraction of sp³-hybridized carbons (Fsp3) is 0.833. The molecular weight excluding hydrogens is 193 g/mol. The van der Waals surface area contributed by atoms with E-state index in [1.165, 1.54) is 13.3 Å². The van der Waals surface area contributed by atoms with Crippen molar-refractivity contribution in [3.8, 4) is 0 Å². The van der Waals surface area contributed by atoms with Crippen LogP contribution in [-0.4, -0.2) is 24.8 Å². The molecule has 2 nitrogen and oxygen atoms in total. The lowest BCUT2D eigenvalue weighted by Gasteiger charge is -2.03. The molecule has 0 unspecified atom stereocenters. The Morgan fingerprint density at radius 1 is 1.13 bits per heavy atom. The SMILES string of the molecule is C/C(F)=C/CCCNCCCCCCO. The van der Waals surface area contributed by atoms with E-state index in [-0.39, 0.29) is 5.83 Å². The number of nitrogens with one attached hydrogen (secondary N) is 1. The van der Waals surface area contributed by atoms with Gasteiger partial charge in [0.25, 0.3) is 0 Å². The van der Waals surface area contributed by atoms with Crippen LogP contribution in [0.5, 0.6) is 0 Å². The van der Waals surface area contributed by atoms with Gasteiger partial charge in [0.1, 0.15) is 0 Å². The zero-order valence-corrected chi connectivity index (χ0v) is 9.77. The Labute approximate surface area is 92.6 Å². The highest BCUT2D eigenvalue weighted by molar-refractivity contribution is 4.86. The van der Waals surface area contributed by atoms with Gasteiger partial charge in [-0.3, -0.25) is 0 Å². The molecule has 0 spiro atoms. The van der Waals surface area contributed by atoms with Crippen LogP contribution in [0.1, 0.15) is 45.4 Å². The van der Waals surface area contributed by atoms with Gasteiger partial charge in [-0.25, -0.2) is 4.39 Å². The predicted octanol–water partition coefficient (Wildman–Crippen LogP) is 2.78. The van der Waals surface area contributed by atoms with Crippen molar-refractivity contribution in [3.05, 3.63) is 11.9 Å². The van der Waals surface area contributed by atoms with Crippen LogP contribution in [0, 0.1) is 0 Å². The number of rotatable bonds is 10. The van der Waals surface area contributed by atoms with Crippen LogP contribution in [0.4, 0.5) is 4.39 Å². The van der Waals surface area contributed by atoms with E-state index in [1.807, 2.05) is 0 Å². The normalized spacial score (nSPS) is 12.1. The minimum absolute atomic E-state index is 0.0843. The van der Waals surface area contributed by atoms with Crippen LogP contribution in [0.25, 0.3) is 0 Å². The van der Waals surface area contributed by atoms with Gasteiger partial charge in [0, 0.05) is 6.61 Å². The Morgan fingerprint density at radius 3 is 2.47 bits per heavy atom. The second-order valence-electron chi connectivity index (χ2n) is 3.82. The molecule has 0 aliphatic carbocycles. The summed E-state index contributed by atoms with van der Waals surface area (Å²) in [4.78, 5) is 0. The molecule has 2 N–H and O–H groups in total. The van der Waals surface area contributed by atoms with Gasteiger partial charge in [0.15, 0.2) is 0 Å². The molecule has 0 aliphatic heterocycles. The monoisotopic (exact) mass is 217 g/mol. The summed E-state index contributed by atoms with van der Waals surface area (Å²) in [6, 6.07) is 0. The maximum atomic E-state index is 12.3. The maximum Gasteiger partial charge on any atom is 0.0928 e. The fourth-order valence-electron chi connectivity index (χ4n) is 1.37. The molecule has 3 heteroatoms. The number of allylic oxidation sites excluding steroid dienone is 2. The first kappa shape index (κ1) is 14.6. The van der Waals surface area contributed by atoms with Gasteiger partial charge in [0.05, 0.1) is 5.83 Å². The molecule has 0 atom stereocenters. The van der Waals surface area contributed by atoms with Crippen molar-refractivity contribution in [1.82, 2.24) is 5.32 Å². The molecule has 0 fully saturated rings. The van der Waals surface area contributed by atoms with E-state index in [0.717, 1.165) is 45.2 Å². The molecular formula is C12H24FNO. The number of aliphatic hydroxyl groups excluding tert-OH is 1. The third-order valence-electron chi connectivity index (χ3n) is 2.24. The summed E-state index contributed by atoms with van der Waals surface area (Å²) in [5.74, 6) is -0.0843. The first-order valence-electron chi connectivity index (χ1n) is 5.91. The number of hydrogen-bond acceptors (Lipinski definition) is 2. The van der Waals surface area contributed by atoms with Crippen LogP contribution in [0.2, 0.25) is 0 Å². The van der Waals surface area contributed by atoms with E-state index in [4.69, 9.17) is 5.11 Å². The summed E-state index contributed by atoms with van der Waals surface area (Å²) < 4.78 is 12.3. The number of unbranched alkanes of at least 4 members (excludes halogenated alkanes) is 4. The summed E-state index contributed by atoms with van der Waals surface area (Å²) in [5, 5.41) is 11.9. The van der Waals surface area contributed by atoms with Crippen LogP contribution in [0.15, 0.2) is 11.9 Å². The average Bonchev–Trinajstić information content (AvgIpc) is 2.20. The minimum atomic E-state index is -0.0843. The van der Waals surface area contributed by atoms with Crippen LogP contribution in [-0.2, 0) is 0 Å². The second kappa shape index (κ2) is 11.7. The maximum absolute atomic E-state index is 12.3. The molecule has 0 amide bonds. The Morgan fingerprint density at radius 2 is 1.80 bits per heavy atom. The Bertz CT molecular complexity index is 156. The van der Waals surface area contributed by atoms with Crippen molar-refractivity contribution >= 4 is 0 Å². The quantitative estimate of drug-likeness (QED) is 0.551. The van der Waals surface area contributed by atoms with Crippen LogP contribution >= 0.6 is 0 Å². The van der Waals surface area contributed by atoms with Gasteiger partial charge >= 0.3 is 0 Å². The third kappa shape index (κ3) is 13.6. The van der Waals surface area contributed by atoms with Crippen LogP contribution in [0.3, 0.4) is 0 Å². The summed E-state index contributed by atoms with van der Waals surface area (Å²) >= 11 is 0. The van der Waals surface area contributed by atoms with Crippen molar-refractivity contribution in [2.24, 2.45) is 0 Å². The van der Waals surface area contributed by atoms with Gasteiger partial charge in [0.2, 0.25) is 0 Å². The van der Waals surface area contributed by atoms with E-state index in [0.29, 0.717) is 6.61 Å². The average molecular weight is 217 g/mol. The molecule has 15 heavy (non-hydrogen) atoms. The number of halogens is 1. The van der Waals surface area contributed by atoms with Gasteiger partial charge in [-0.1, -0.05) is 18.9 Å². The molecule has 0 heterocycles. The topological polar surface area (TPSA) is 32.3 Å². The molecule has 0 saturated heterocycles. The van der Waals surface area contributed by atoms with Crippen molar-refractivity contribution in [2.75, 3.05) is 19.7 Å². The first-order valence-corrected chi connectivity index (χ1v) is 5.91. The third-order valence-corrected chi connectivity index (χ3v) is 2.24. The van der Waals surface area contributed by atoms with Gasteiger partial charge in [-0.15, -0.1) is 0 Å². The van der Waals surface area contributed by atoms with Crippen molar-refractivity contribution in [3.63, 3.8) is 0 Å². The highest BCUT2D eigenvalue weighted by Gasteiger charge is 1.90. The Hall–Kier alpha value is -0.410. The Kier molecular flexibility index (Phi) is 11.3. The van der Waals surface area contributed by atoms with Crippen molar-refractivity contribution in [2.45, 2.75) is 45.4 Å². The number of aliphatic hydroxyl groups is 1. The van der Waals surface area contributed by atoms with E-state index < -0.39 is 0 Å². The van der Waals surface area contributed by atoms with E-state index in [9.17, 15) is 4.39 Å². The van der Waals surface area contributed by atoms with Gasteiger partial charge in [-0.05, 0) is 45.7 Å². The molecule has 0 rings (SSSR count). The molecule has 0 aromatic rings. The van der Waals surface area contributed by atoms with Gasteiger partial charge < -0.3 is 10.4 Å². The predicted molar refractivity (Wildman–Crippen MR) is 62.5 cm³/mol. The van der Waals surface area contributed by atoms with E-state index in [1.54, 1.807) is 6.08 Å². The summed E-state index contributed by atoms with van der Waals surface area (Å²) in [6.07, 6.45) is 7.82. The number of hydrogen-bond donors (Lipinski definition) is 2. The summed E-state index contributed by atoms with van der Waals surface area (Å²) in [6.45, 7) is 3.78. The molecule has 0 aliphatic rings. The first-order chi connectivity index (χ1) is 7.27. The molecule has 90 valence electrons. The summed E-state index contributed by atoms with van der Waals surface area (Å²) in [7, 11) is 0. The minimum Gasteiger partial charge on any atom is -0.396 e. The molecule has 0 bridgehead atoms. The molecule has 0 radical (unpaired) electrons. The molecule has 0 aromatic carbocycles. The lowest BCUT2D eigenvalue weighted by atomic mass is 10.2. The highest BCUT2D eigenvalue weighted by atomic mass is 19.1. The van der Waals surface area contributed by atoms with Crippen molar-refractivity contribution < 1.29 is 9.50 Å². The lowest BCUT2D eigenvalue weighted by molar-refractivity contribution is 0.282. The Balaban J connectivity index is 2.96. The van der Waals surface area contributed by atoms with E-state index in [2.05, 4.69) is 5.32 Å². The highest BCUT2D eigenvalue weighted by Crippen LogP contribution is 1.99. The smallest absolute Gasteiger partial charge is 0.0928 e. The van der Waals surface area contributed by atoms with Gasteiger partial charge in [-0.2, -0.15) is 0 Å². The van der Waals surface area contributed by atoms with E-state index >= 15 is 0 Å². The standard InChI is InChI=1S/C12H24FNO/c1-12(13)8-4-6-10-14-9-5-2-3-7-11-15/h8,14-15H,2-7,9-11H2,1H3/b12-8-. The largest absolute Gasteiger partial charge is 0.396 e. The molecule has 0 aromatic heterocycles.